The number of primary amides is 1. The van der Waals surface area contributed by atoms with E-state index in [-0.39, 0.29) is 5.91 Å². The van der Waals surface area contributed by atoms with Crippen LogP contribution < -0.4 is 20.5 Å². The Hall–Kier alpha value is -1.75. The van der Waals surface area contributed by atoms with E-state index in [2.05, 4.69) is 5.32 Å². The summed E-state index contributed by atoms with van der Waals surface area (Å²) in [6.45, 7) is 2.27. The van der Waals surface area contributed by atoms with Crippen molar-refractivity contribution in [2.45, 2.75) is 19.3 Å². The third kappa shape index (κ3) is 7.31. The van der Waals surface area contributed by atoms with Gasteiger partial charge in [-0.2, -0.15) is 0 Å². The molecule has 0 fully saturated rings. The van der Waals surface area contributed by atoms with Gasteiger partial charge in [-0.1, -0.05) is 0 Å². The lowest BCUT2D eigenvalue weighted by atomic mass is 10.2. The predicted molar refractivity (Wildman–Crippen MR) is 74.4 cm³/mol. The van der Waals surface area contributed by atoms with E-state index < -0.39 is 0 Å². The molecule has 0 saturated heterocycles. The van der Waals surface area contributed by atoms with Crippen molar-refractivity contribution in [1.29, 1.82) is 0 Å². The van der Waals surface area contributed by atoms with Crippen LogP contribution in [-0.4, -0.2) is 32.7 Å². The third-order valence-corrected chi connectivity index (χ3v) is 2.63. The van der Waals surface area contributed by atoms with Crippen molar-refractivity contribution >= 4 is 5.91 Å². The van der Waals surface area contributed by atoms with Crippen molar-refractivity contribution in [3.8, 4) is 11.5 Å². The highest BCUT2D eigenvalue weighted by molar-refractivity contribution is 5.73. The van der Waals surface area contributed by atoms with E-state index in [1.54, 1.807) is 7.11 Å². The second-order valence-electron chi connectivity index (χ2n) is 4.20. The average Bonchev–Trinajstić information content (AvgIpc) is 2.42. The zero-order chi connectivity index (χ0) is 13.9. The molecule has 5 heteroatoms. The summed E-state index contributed by atoms with van der Waals surface area (Å²) in [5.41, 5.74) is 5.05. The number of hydrogen-bond donors (Lipinski definition) is 2. The summed E-state index contributed by atoms with van der Waals surface area (Å²) in [6, 6.07) is 7.50. The minimum atomic E-state index is -0.233. The Morgan fingerprint density at radius 3 is 2.47 bits per heavy atom. The van der Waals surface area contributed by atoms with Crippen molar-refractivity contribution in [3.05, 3.63) is 24.3 Å². The largest absolute Gasteiger partial charge is 0.497 e. The molecule has 106 valence electrons. The zero-order valence-electron chi connectivity index (χ0n) is 11.4. The van der Waals surface area contributed by atoms with Gasteiger partial charge in [-0.25, -0.2) is 0 Å². The second-order valence-corrected chi connectivity index (χ2v) is 4.20. The highest BCUT2D eigenvalue weighted by Gasteiger charge is 1.96. The summed E-state index contributed by atoms with van der Waals surface area (Å²) in [4.78, 5) is 10.5. The first kappa shape index (κ1) is 15.3. The van der Waals surface area contributed by atoms with Gasteiger partial charge in [0.05, 0.1) is 7.11 Å². The summed E-state index contributed by atoms with van der Waals surface area (Å²) in [6.07, 6.45) is 2.25. The number of carbonyl (C=O) groups is 1. The van der Waals surface area contributed by atoms with Gasteiger partial charge in [-0.15, -0.1) is 0 Å². The molecule has 1 aromatic rings. The fourth-order valence-corrected chi connectivity index (χ4v) is 1.59. The van der Waals surface area contributed by atoms with E-state index in [9.17, 15) is 4.79 Å². The molecule has 19 heavy (non-hydrogen) atoms. The summed E-state index contributed by atoms with van der Waals surface area (Å²) >= 11 is 0. The highest BCUT2D eigenvalue weighted by atomic mass is 16.5. The van der Waals surface area contributed by atoms with Crippen LogP contribution in [0, 0.1) is 0 Å². The molecule has 0 aliphatic heterocycles. The number of benzene rings is 1. The molecule has 0 aromatic heterocycles. The quantitative estimate of drug-likeness (QED) is 0.626. The molecule has 0 aliphatic rings. The molecule has 0 bridgehead atoms. The molecule has 0 radical (unpaired) electrons. The molecule has 0 saturated carbocycles. The topological polar surface area (TPSA) is 73.6 Å². The molecule has 0 spiro atoms. The SMILES string of the molecule is COc1ccc(OCCNCCCCC(N)=O)cc1. The number of amides is 1. The number of rotatable bonds is 10. The Balaban J connectivity index is 1.99. The van der Waals surface area contributed by atoms with Crippen molar-refractivity contribution in [3.63, 3.8) is 0 Å². The standard InChI is InChI=1S/C14H22N2O3/c1-18-12-5-7-13(8-6-12)19-11-10-16-9-3-2-4-14(15)17/h5-8,16H,2-4,9-11H2,1H3,(H2,15,17). The van der Waals surface area contributed by atoms with Crippen molar-refractivity contribution < 1.29 is 14.3 Å². The van der Waals surface area contributed by atoms with E-state index in [4.69, 9.17) is 15.2 Å². The van der Waals surface area contributed by atoms with Crippen LogP contribution in [0.1, 0.15) is 19.3 Å². The summed E-state index contributed by atoms with van der Waals surface area (Å²) in [7, 11) is 1.64. The van der Waals surface area contributed by atoms with E-state index in [1.165, 1.54) is 0 Å². The molecule has 0 heterocycles. The van der Waals surface area contributed by atoms with Gasteiger partial charge in [-0.3, -0.25) is 4.79 Å². The fourth-order valence-electron chi connectivity index (χ4n) is 1.59. The van der Waals surface area contributed by atoms with Gasteiger partial charge in [0.1, 0.15) is 18.1 Å². The van der Waals surface area contributed by atoms with Crippen LogP contribution in [0.4, 0.5) is 0 Å². The average molecular weight is 266 g/mol. The molecule has 3 N–H and O–H groups in total. The summed E-state index contributed by atoms with van der Waals surface area (Å²) < 4.78 is 10.6. The molecular formula is C14H22N2O3. The Morgan fingerprint density at radius 1 is 1.16 bits per heavy atom. The number of ether oxygens (including phenoxy) is 2. The van der Waals surface area contributed by atoms with Crippen LogP contribution in [0.25, 0.3) is 0 Å². The van der Waals surface area contributed by atoms with Gasteiger partial charge < -0.3 is 20.5 Å². The Kier molecular flexibility index (Phi) is 7.43. The van der Waals surface area contributed by atoms with Crippen LogP contribution in [0.15, 0.2) is 24.3 Å². The lowest BCUT2D eigenvalue weighted by Crippen LogP contribution is -2.22. The number of nitrogens with two attached hydrogens (primary N) is 1. The van der Waals surface area contributed by atoms with Gasteiger partial charge in [0.25, 0.3) is 0 Å². The molecule has 0 atom stereocenters. The van der Waals surface area contributed by atoms with Crippen LogP contribution in [0.3, 0.4) is 0 Å². The minimum Gasteiger partial charge on any atom is -0.497 e. The number of hydrogen-bond acceptors (Lipinski definition) is 4. The number of methoxy groups -OCH3 is 1. The van der Waals surface area contributed by atoms with E-state index >= 15 is 0 Å². The molecule has 0 unspecified atom stereocenters. The normalized spacial score (nSPS) is 10.2. The third-order valence-electron chi connectivity index (χ3n) is 2.63. The smallest absolute Gasteiger partial charge is 0.217 e. The van der Waals surface area contributed by atoms with Crippen molar-refractivity contribution in [2.75, 3.05) is 26.8 Å². The zero-order valence-corrected chi connectivity index (χ0v) is 11.4. The first-order chi connectivity index (χ1) is 9.22. The minimum absolute atomic E-state index is 0.233. The highest BCUT2D eigenvalue weighted by Crippen LogP contribution is 2.16. The van der Waals surface area contributed by atoms with Crippen molar-refractivity contribution in [1.82, 2.24) is 5.32 Å². The maximum Gasteiger partial charge on any atom is 0.217 e. The molecule has 1 rings (SSSR count). The van der Waals surface area contributed by atoms with Gasteiger partial charge in [-0.05, 0) is 43.7 Å². The first-order valence-corrected chi connectivity index (χ1v) is 6.48. The second kappa shape index (κ2) is 9.22. The molecule has 1 amide bonds. The molecule has 1 aromatic carbocycles. The Labute approximate surface area is 114 Å². The molecule has 0 aliphatic carbocycles. The Morgan fingerprint density at radius 2 is 1.84 bits per heavy atom. The van der Waals surface area contributed by atoms with Gasteiger partial charge in [0.15, 0.2) is 0 Å². The van der Waals surface area contributed by atoms with Crippen LogP contribution >= 0.6 is 0 Å². The molecular weight excluding hydrogens is 244 g/mol. The van der Waals surface area contributed by atoms with Crippen LogP contribution in [0.2, 0.25) is 0 Å². The number of nitrogens with one attached hydrogen (secondary N) is 1. The Bertz CT molecular complexity index is 365. The maximum absolute atomic E-state index is 10.5. The number of unbranched alkanes of at least 4 members (excludes halogenated alkanes) is 1. The van der Waals surface area contributed by atoms with Gasteiger partial charge in [0, 0.05) is 13.0 Å². The maximum atomic E-state index is 10.5. The van der Waals surface area contributed by atoms with E-state index in [1.807, 2.05) is 24.3 Å². The summed E-state index contributed by atoms with van der Waals surface area (Å²) in [5, 5.41) is 3.25. The lowest BCUT2D eigenvalue weighted by molar-refractivity contribution is -0.118. The monoisotopic (exact) mass is 266 g/mol. The van der Waals surface area contributed by atoms with Gasteiger partial charge >= 0.3 is 0 Å². The van der Waals surface area contributed by atoms with Crippen LogP contribution in [0.5, 0.6) is 11.5 Å². The molecule has 5 nitrogen and oxygen atoms in total. The predicted octanol–water partition coefficient (Wildman–Crippen LogP) is 1.32. The van der Waals surface area contributed by atoms with Gasteiger partial charge in [0.2, 0.25) is 5.91 Å². The number of carbonyl (C=O) groups excluding carboxylic acids is 1. The van der Waals surface area contributed by atoms with Crippen LogP contribution in [-0.2, 0) is 4.79 Å². The van der Waals surface area contributed by atoms with E-state index in [0.717, 1.165) is 37.4 Å². The summed E-state index contributed by atoms with van der Waals surface area (Å²) in [5.74, 6) is 1.42. The first-order valence-electron chi connectivity index (χ1n) is 6.48. The fraction of sp³-hybridized carbons (Fsp3) is 0.500. The lowest BCUT2D eigenvalue weighted by Gasteiger charge is -2.08. The van der Waals surface area contributed by atoms with Crippen molar-refractivity contribution in [2.24, 2.45) is 5.73 Å². The van der Waals surface area contributed by atoms with E-state index in [0.29, 0.717) is 13.0 Å².